The lowest BCUT2D eigenvalue weighted by atomic mass is 10.1. The number of benzene rings is 3. The molecule has 1 aliphatic heterocycles. The average Bonchev–Trinajstić information content (AvgIpc) is 3.01. The first-order chi connectivity index (χ1) is 13.5. The molecule has 0 saturated carbocycles. The molecule has 3 nitrogen and oxygen atoms in total. The number of carbonyl (C=O) groups excluding carboxylic acids is 1. The summed E-state index contributed by atoms with van der Waals surface area (Å²) in [5.74, 6) is 0.405. The molecule has 0 aliphatic carbocycles. The van der Waals surface area contributed by atoms with Crippen molar-refractivity contribution in [3.63, 3.8) is 0 Å². The molecule has 0 saturated heterocycles. The summed E-state index contributed by atoms with van der Waals surface area (Å²) in [7, 11) is 0. The summed E-state index contributed by atoms with van der Waals surface area (Å²) >= 11 is 12.9. The van der Waals surface area contributed by atoms with Crippen LogP contribution < -0.4 is 4.90 Å². The third-order valence-electron chi connectivity index (χ3n) is 4.22. The largest absolute Gasteiger partial charge is 0.282 e. The highest BCUT2D eigenvalue weighted by Crippen LogP contribution is 2.29. The third-order valence-corrected chi connectivity index (χ3v) is 5.53. The van der Waals surface area contributed by atoms with Crippen LogP contribution in [0.3, 0.4) is 0 Å². The van der Waals surface area contributed by atoms with Crippen LogP contribution in [0.15, 0.2) is 92.4 Å². The fourth-order valence-electron chi connectivity index (χ4n) is 2.86. The lowest BCUT2D eigenvalue weighted by Crippen LogP contribution is -2.32. The van der Waals surface area contributed by atoms with Gasteiger partial charge in [-0.15, -0.1) is 0 Å². The Bertz CT molecular complexity index is 1090. The highest BCUT2D eigenvalue weighted by molar-refractivity contribution is 9.10. The number of hydrogen-bond acceptors (Lipinski definition) is 2. The van der Waals surface area contributed by atoms with Crippen molar-refractivity contribution in [1.29, 1.82) is 0 Å². The Morgan fingerprint density at radius 3 is 2.00 bits per heavy atom. The van der Waals surface area contributed by atoms with Crippen LogP contribution in [0.1, 0.15) is 11.1 Å². The Morgan fingerprint density at radius 2 is 1.39 bits per heavy atom. The van der Waals surface area contributed by atoms with E-state index in [0.717, 1.165) is 25.8 Å². The predicted octanol–water partition coefficient (Wildman–Crippen LogP) is 6.70. The summed E-state index contributed by atoms with van der Waals surface area (Å²) in [4.78, 5) is 19.5. The molecule has 3 aromatic rings. The number of rotatable bonds is 3. The van der Waals surface area contributed by atoms with E-state index in [9.17, 15) is 4.79 Å². The Balaban J connectivity index is 1.81. The maximum Gasteiger partial charge on any atom is 0.282 e. The normalized spacial score (nSPS) is 15.2. The Hall–Kier alpha value is -2.21. The Morgan fingerprint density at radius 1 is 0.821 bits per heavy atom. The first-order valence-corrected chi connectivity index (χ1v) is 10.4. The molecule has 0 aromatic heterocycles. The number of amidine groups is 1. The molecule has 6 heteroatoms. The summed E-state index contributed by atoms with van der Waals surface area (Å²) in [6.07, 6.45) is 1.80. The standard InChI is InChI=1S/C22H13Br2ClN2O/c23-16-5-1-14(2-6-16)13-20-22(28)27(19-11-7-17(24)8-12-19)21(26-20)15-3-9-18(25)10-4-15/h1-13H/b20-13+. The zero-order valence-electron chi connectivity index (χ0n) is 14.4. The van der Waals surface area contributed by atoms with Crippen LogP contribution in [0.4, 0.5) is 5.69 Å². The van der Waals surface area contributed by atoms with E-state index in [2.05, 4.69) is 36.9 Å². The van der Waals surface area contributed by atoms with Crippen LogP contribution in [0.2, 0.25) is 5.02 Å². The second-order valence-electron chi connectivity index (χ2n) is 6.14. The molecule has 0 fully saturated rings. The molecule has 3 aromatic carbocycles. The summed E-state index contributed by atoms with van der Waals surface area (Å²) in [5, 5.41) is 0.634. The van der Waals surface area contributed by atoms with Crippen LogP contribution in [-0.4, -0.2) is 11.7 Å². The van der Waals surface area contributed by atoms with E-state index < -0.39 is 0 Å². The number of nitrogens with zero attached hydrogens (tertiary/aromatic N) is 2. The van der Waals surface area contributed by atoms with Gasteiger partial charge < -0.3 is 0 Å². The Kier molecular flexibility index (Phi) is 5.49. The number of carbonyl (C=O) groups is 1. The monoisotopic (exact) mass is 514 g/mol. The van der Waals surface area contributed by atoms with Crippen LogP contribution in [-0.2, 0) is 4.79 Å². The number of hydrogen-bond donors (Lipinski definition) is 0. The molecule has 4 rings (SSSR count). The minimum absolute atomic E-state index is 0.171. The summed E-state index contributed by atoms with van der Waals surface area (Å²) in [6, 6.07) is 22.6. The van der Waals surface area contributed by atoms with Crippen molar-refractivity contribution in [3.05, 3.63) is 104 Å². The highest BCUT2D eigenvalue weighted by Gasteiger charge is 2.32. The molecule has 1 aliphatic rings. The van der Waals surface area contributed by atoms with Gasteiger partial charge in [0.15, 0.2) is 0 Å². The molecule has 0 radical (unpaired) electrons. The lowest BCUT2D eigenvalue weighted by Gasteiger charge is -2.18. The Labute approximate surface area is 184 Å². The minimum atomic E-state index is -0.171. The third kappa shape index (κ3) is 3.97. The van der Waals surface area contributed by atoms with E-state index in [-0.39, 0.29) is 5.91 Å². The zero-order valence-corrected chi connectivity index (χ0v) is 18.4. The van der Waals surface area contributed by atoms with Gasteiger partial charge in [-0.25, -0.2) is 4.99 Å². The van der Waals surface area contributed by atoms with E-state index in [4.69, 9.17) is 11.6 Å². The fraction of sp³-hybridized carbons (Fsp3) is 0. The topological polar surface area (TPSA) is 32.7 Å². The maximum absolute atomic E-state index is 13.2. The molecular formula is C22H13Br2ClN2O. The van der Waals surface area contributed by atoms with Crippen molar-refractivity contribution in [3.8, 4) is 0 Å². The van der Waals surface area contributed by atoms with E-state index in [1.807, 2.05) is 60.7 Å². The van der Waals surface area contributed by atoms with E-state index in [1.165, 1.54) is 0 Å². The van der Waals surface area contributed by atoms with E-state index >= 15 is 0 Å². The van der Waals surface area contributed by atoms with Gasteiger partial charge in [0.05, 0.1) is 5.69 Å². The number of amides is 1. The van der Waals surface area contributed by atoms with Gasteiger partial charge >= 0.3 is 0 Å². The van der Waals surface area contributed by atoms with Gasteiger partial charge in [-0.2, -0.15) is 0 Å². The van der Waals surface area contributed by atoms with Gasteiger partial charge in [0.1, 0.15) is 11.5 Å². The summed E-state index contributed by atoms with van der Waals surface area (Å²) < 4.78 is 1.92. The van der Waals surface area contributed by atoms with Crippen molar-refractivity contribution in [2.45, 2.75) is 0 Å². The first-order valence-electron chi connectivity index (χ1n) is 8.43. The molecule has 138 valence electrons. The van der Waals surface area contributed by atoms with Gasteiger partial charge in [-0.05, 0) is 72.3 Å². The van der Waals surface area contributed by atoms with Crippen molar-refractivity contribution >= 4 is 67.0 Å². The molecule has 0 unspecified atom stereocenters. The van der Waals surface area contributed by atoms with Crippen molar-refractivity contribution < 1.29 is 4.79 Å². The SMILES string of the molecule is O=C1/C(=C\c2ccc(Br)cc2)N=C(c2ccc(Cl)cc2)N1c1ccc(Br)cc1. The zero-order chi connectivity index (χ0) is 19.7. The van der Waals surface area contributed by atoms with E-state index in [1.54, 1.807) is 23.1 Å². The van der Waals surface area contributed by atoms with Crippen LogP contribution in [0, 0.1) is 0 Å². The highest BCUT2D eigenvalue weighted by atomic mass is 79.9. The summed E-state index contributed by atoms with van der Waals surface area (Å²) in [5.41, 5.74) is 2.86. The molecule has 28 heavy (non-hydrogen) atoms. The maximum atomic E-state index is 13.2. The number of anilines is 1. The molecule has 0 N–H and O–H groups in total. The second-order valence-corrected chi connectivity index (χ2v) is 8.41. The van der Waals surface area contributed by atoms with Crippen LogP contribution in [0.25, 0.3) is 6.08 Å². The second kappa shape index (κ2) is 8.03. The quantitative estimate of drug-likeness (QED) is 0.357. The van der Waals surface area contributed by atoms with Gasteiger partial charge in [0.25, 0.3) is 5.91 Å². The predicted molar refractivity (Wildman–Crippen MR) is 122 cm³/mol. The molecule has 1 amide bonds. The summed E-state index contributed by atoms with van der Waals surface area (Å²) in [6.45, 7) is 0. The van der Waals surface area contributed by atoms with E-state index in [0.29, 0.717) is 16.6 Å². The fourth-order valence-corrected chi connectivity index (χ4v) is 3.51. The molecule has 0 atom stereocenters. The number of aliphatic imine (C=N–C) groups is 1. The first kappa shape index (κ1) is 19.1. The van der Waals surface area contributed by atoms with Crippen molar-refractivity contribution in [2.75, 3.05) is 4.90 Å². The van der Waals surface area contributed by atoms with Gasteiger partial charge in [-0.3, -0.25) is 9.69 Å². The molecule has 0 bridgehead atoms. The molecule has 0 spiro atoms. The van der Waals surface area contributed by atoms with Gasteiger partial charge in [0, 0.05) is 19.5 Å². The van der Waals surface area contributed by atoms with Crippen molar-refractivity contribution in [1.82, 2.24) is 0 Å². The number of halogens is 3. The molecular weight excluding hydrogens is 504 g/mol. The average molecular weight is 517 g/mol. The van der Waals surface area contributed by atoms with Crippen molar-refractivity contribution in [2.24, 2.45) is 4.99 Å². The smallest absolute Gasteiger partial charge is 0.266 e. The van der Waals surface area contributed by atoms with Crippen LogP contribution in [0.5, 0.6) is 0 Å². The minimum Gasteiger partial charge on any atom is -0.266 e. The van der Waals surface area contributed by atoms with Gasteiger partial charge in [0.2, 0.25) is 0 Å². The lowest BCUT2D eigenvalue weighted by molar-refractivity contribution is -0.113. The molecule has 1 heterocycles. The van der Waals surface area contributed by atoms with Crippen LogP contribution >= 0.6 is 43.5 Å². The van der Waals surface area contributed by atoms with Gasteiger partial charge in [-0.1, -0.05) is 55.6 Å².